The SMILES string of the molecule is CSCC(C)CNC(C)CCc1ccc(O)cc1. The van der Waals surface area contributed by atoms with Crippen molar-refractivity contribution in [2.45, 2.75) is 32.7 Å². The smallest absolute Gasteiger partial charge is 0.115 e. The van der Waals surface area contributed by atoms with Crippen molar-refractivity contribution in [3.05, 3.63) is 29.8 Å². The van der Waals surface area contributed by atoms with Crippen molar-refractivity contribution in [2.75, 3.05) is 18.6 Å². The molecule has 0 amide bonds. The maximum absolute atomic E-state index is 9.22. The van der Waals surface area contributed by atoms with Gasteiger partial charge in [0.15, 0.2) is 0 Å². The first-order valence-corrected chi connectivity index (χ1v) is 8.01. The van der Waals surface area contributed by atoms with Gasteiger partial charge in [-0.2, -0.15) is 11.8 Å². The second-order valence-electron chi connectivity index (χ2n) is 5.07. The number of nitrogens with one attached hydrogen (secondary N) is 1. The summed E-state index contributed by atoms with van der Waals surface area (Å²) in [5, 5.41) is 12.8. The van der Waals surface area contributed by atoms with Crippen LogP contribution in [-0.2, 0) is 6.42 Å². The van der Waals surface area contributed by atoms with Gasteiger partial charge in [-0.15, -0.1) is 0 Å². The molecular weight excluding hydrogens is 242 g/mol. The fourth-order valence-corrected chi connectivity index (χ4v) is 2.58. The van der Waals surface area contributed by atoms with Crippen molar-refractivity contribution >= 4 is 11.8 Å². The Morgan fingerprint density at radius 2 is 1.89 bits per heavy atom. The zero-order valence-corrected chi connectivity index (χ0v) is 12.5. The summed E-state index contributed by atoms with van der Waals surface area (Å²) in [5.41, 5.74) is 1.29. The molecule has 2 nitrogen and oxygen atoms in total. The number of benzene rings is 1. The van der Waals surface area contributed by atoms with E-state index >= 15 is 0 Å². The number of hydrogen-bond acceptors (Lipinski definition) is 3. The lowest BCUT2D eigenvalue weighted by atomic mass is 10.1. The summed E-state index contributed by atoms with van der Waals surface area (Å²) >= 11 is 1.91. The van der Waals surface area contributed by atoms with E-state index < -0.39 is 0 Å². The second-order valence-corrected chi connectivity index (χ2v) is 5.99. The highest BCUT2D eigenvalue weighted by molar-refractivity contribution is 7.98. The molecule has 0 spiro atoms. The van der Waals surface area contributed by atoms with E-state index in [1.165, 1.54) is 11.3 Å². The Kier molecular flexibility index (Phi) is 7.21. The molecule has 0 aromatic heterocycles. The molecule has 0 saturated heterocycles. The van der Waals surface area contributed by atoms with E-state index in [9.17, 15) is 5.11 Å². The van der Waals surface area contributed by atoms with E-state index in [1.807, 2.05) is 23.9 Å². The van der Waals surface area contributed by atoms with Gasteiger partial charge in [-0.05, 0) is 61.9 Å². The van der Waals surface area contributed by atoms with Crippen LogP contribution >= 0.6 is 11.8 Å². The topological polar surface area (TPSA) is 32.3 Å². The standard InChI is InChI=1S/C15H25NOS/c1-12(11-18-3)10-16-13(2)4-5-14-6-8-15(17)9-7-14/h6-9,12-13,16-17H,4-5,10-11H2,1-3H3. The third-order valence-corrected chi connectivity index (χ3v) is 3.97. The minimum atomic E-state index is 0.343. The van der Waals surface area contributed by atoms with Crippen LogP contribution in [0.15, 0.2) is 24.3 Å². The predicted molar refractivity (Wildman–Crippen MR) is 81.4 cm³/mol. The highest BCUT2D eigenvalue weighted by Gasteiger charge is 2.05. The van der Waals surface area contributed by atoms with Crippen LogP contribution in [0.2, 0.25) is 0 Å². The van der Waals surface area contributed by atoms with E-state index in [0.29, 0.717) is 11.8 Å². The molecule has 0 saturated carbocycles. The van der Waals surface area contributed by atoms with E-state index in [2.05, 4.69) is 25.4 Å². The monoisotopic (exact) mass is 267 g/mol. The lowest BCUT2D eigenvalue weighted by Crippen LogP contribution is -2.31. The molecule has 1 aromatic carbocycles. The van der Waals surface area contributed by atoms with E-state index in [4.69, 9.17) is 0 Å². The van der Waals surface area contributed by atoms with Crippen molar-refractivity contribution in [2.24, 2.45) is 5.92 Å². The minimum absolute atomic E-state index is 0.343. The van der Waals surface area contributed by atoms with Gasteiger partial charge < -0.3 is 10.4 Å². The number of aryl methyl sites for hydroxylation is 1. The largest absolute Gasteiger partial charge is 0.508 e. The van der Waals surface area contributed by atoms with Crippen LogP contribution in [0.4, 0.5) is 0 Å². The Hall–Kier alpha value is -0.670. The van der Waals surface area contributed by atoms with Crippen molar-refractivity contribution in [3.8, 4) is 5.75 Å². The van der Waals surface area contributed by atoms with Crippen LogP contribution in [0.1, 0.15) is 25.8 Å². The molecule has 0 bridgehead atoms. The molecule has 0 radical (unpaired) electrons. The molecule has 2 N–H and O–H groups in total. The third kappa shape index (κ3) is 6.31. The highest BCUT2D eigenvalue weighted by atomic mass is 32.2. The summed E-state index contributed by atoms with van der Waals surface area (Å²) in [6.45, 7) is 5.62. The van der Waals surface area contributed by atoms with Gasteiger partial charge in [-0.25, -0.2) is 0 Å². The number of thioether (sulfide) groups is 1. The zero-order valence-electron chi connectivity index (χ0n) is 11.6. The van der Waals surface area contributed by atoms with Gasteiger partial charge in [0, 0.05) is 6.04 Å². The minimum Gasteiger partial charge on any atom is -0.508 e. The molecular formula is C15H25NOS. The first-order valence-electron chi connectivity index (χ1n) is 6.62. The lowest BCUT2D eigenvalue weighted by molar-refractivity contribution is 0.466. The summed E-state index contributed by atoms with van der Waals surface area (Å²) < 4.78 is 0. The second kappa shape index (κ2) is 8.44. The van der Waals surface area contributed by atoms with Gasteiger partial charge in [-0.3, -0.25) is 0 Å². The first-order chi connectivity index (χ1) is 8.61. The number of rotatable bonds is 8. The Morgan fingerprint density at radius 1 is 1.22 bits per heavy atom. The van der Waals surface area contributed by atoms with Gasteiger partial charge in [0.05, 0.1) is 0 Å². The summed E-state index contributed by atoms with van der Waals surface area (Å²) in [4.78, 5) is 0. The average Bonchev–Trinajstić information content (AvgIpc) is 2.36. The third-order valence-electron chi connectivity index (χ3n) is 3.07. The maximum atomic E-state index is 9.22. The Labute approximate surface area is 115 Å². The van der Waals surface area contributed by atoms with E-state index in [1.54, 1.807) is 12.1 Å². The molecule has 102 valence electrons. The van der Waals surface area contributed by atoms with Crippen molar-refractivity contribution in [1.29, 1.82) is 0 Å². The summed E-state index contributed by atoms with van der Waals surface area (Å²) in [5.74, 6) is 2.30. The van der Waals surface area contributed by atoms with Crippen molar-refractivity contribution in [1.82, 2.24) is 5.32 Å². The molecule has 2 unspecified atom stereocenters. The van der Waals surface area contributed by atoms with E-state index in [-0.39, 0.29) is 0 Å². The van der Waals surface area contributed by atoms with Crippen LogP contribution < -0.4 is 5.32 Å². The summed E-state index contributed by atoms with van der Waals surface area (Å²) in [7, 11) is 0. The quantitative estimate of drug-likeness (QED) is 0.758. The molecule has 0 aliphatic carbocycles. The van der Waals surface area contributed by atoms with E-state index in [0.717, 1.165) is 25.3 Å². The number of phenolic OH excluding ortho intramolecular Hbond substituents is 1. The molecule has 18 heavy (non-hydrogen) atoms. The van der Waals surface area contributed by atoms with Gasteiger partial charge in [-0.1, -0.05) is 19.1 Å². The van der Waals surface area contributed by atoms with Crippen LogP contribution in [0.25, 0.3) is 0 Å². The normalized spacial score (nSPS) is 14.4. The Bertz CT molecular complexity index is 326. The molecule has 0 aliphatic rings. The molecule has 0 heterocycles. The fourth-order valence-electron chi connectivity index (χ4n) is 1.89. The van der Waals surface area contributed by atoms with Gasteiger partial charge in [0.25, 0.3) is 0 Å². The highest BCUT2D eigenvalue weighted by Crippen LogP contribution is 2.12. The number of aromatic hydroxyl groups is 1. The number of hydrogen-bond donors (Lipinski definition) is 2. The molecule has 0 fully saturated rings. The summed E-state index contributed by atoms with van der Waals surface area (Å²) in [6.07, 6.45) is 4.35. The first kappa shape index (κ1) is 15.4. The van der Waals surface area contributed by atoms with Gasteiger partial charge in [0.1, 0.15) is 5.75 Å². The van der Waals surface area contributed by atoms with Gasteiger partial charge in [0.2, 0.25) is 0 Å². The van der Waals surface area contributed by atoms with Crippen molar-refractivity contribution < 1.29 is 5.11 Å². The average molecular weight is 267 g/mol. The molecule has 3 heteroatoms. The Balaban J connectivity index is 2.20. The fraction of sp³-hybridized carbons (Fsp3) is 0.600. The van der Waals surface area contributed by atoms with Crippen LogP contribution in [-0.4, -0.2) is 29.7 Å². The molecule has 1 aromatic rings. The lowest BCUT2D eigenvalue weighted by Gasteiger charge is -2.17. The van der Waals surface area contributed by atoms with Crippen LogP contribution in [0.3, 0.4) is 0 Å². The van der Waals surface area contributed by atoms with Crippen molar-refractivity contribution in [3.63, 3.8) is 0 Å². The zero-order chi connectivity index (χ0) is 13.4. The molecule has 2 atom stereocenters. The Morgan fingerprint density at radius 3 is 2.50 bits per heavy atom. The molecule has 1 rings (SSSR count). The van der Waals surface area contributed by atoms with Crippen LogP contribution in [0.5, 0.6) is 5.75 Å². The summed E-state index contributed by atoms with van der Waals surface area (Å²) in [6, 6.07) is 8.06. The molecule has 0 aliphatic heterocycles. The van der Waals surface area contributed by atoms with Crippen LogP contribution in [0, 0.1) is 5.92 Å². The maximum Gasteiger partial charge on any atom is 0.115 e. The number of phenols is 1. The van der Waals surface area contributed by atoms with Gasteiger partial charge >= 0.3 is 0 Å². The predicted octanol–water partition coefficient (Wildman–Crippen LogP) is 3.30.